The van der Waals surface area contributed by atoms with Crippen molar-refractivity contribution in [2.45, 2.75) is 33.0 Å². The summed E-state index contributed by atoms with van der Waals surface area (Å²) >= 11 is 0. The molecule has 2 rings (SSSR count). The molecule has 0 fully saturated rings. The second-order valence-corrected chi connectivity index (χ2v) is 5.86. The van der Waals surface area contributed by atoms with Crippen LogP contribution in [0.1, 0.15) is 18.9 Å². The van der Waals surface area contributed by atoms with Gasteiger partial charge >= 0.3 is 12.6 Å². The zero-order valence-corrected chi connectivity index (χ0v) is 15.5. The number of carbonyl (C=O) groups excluding carboxylic acids is 2. The van der Waals surface area contributed by atoms with E-state index in [4.69, 9.17) is 9.47 Å². The number of benzene rings is 2. The molecule has 0 spiro atoms. The number of nitrogens with one attached hydrogen (secondary N) is 1. The molecule has 0 aromatic heterocycles. The number of rotatable bonds is 9. The van der Waals surface area contributed by atoms with Crippen LogP contribution in [0.2, 0.25) is 0 Å². The third-order valence-electron chi connectivity index (χ3n) is 3.70. The Kier molecular flexibility index (Phi) is 7.74. The van der Waals surface area contributed by atoms with Crippen molar-refractivity contribution < 1.29 is 32.6 Å². The van der Waals surface area contributed by atoms with Crippen molar-refractivity contribution in [3.8, 4) is 11.5 Å². The molecule has 1 N–H and O–H groups in total. The van der Waals surface area contributed by atoms with Crippen molar-refractivity contribution >= 4 is 17.6 Å². The first kappa shape index (κ1) is 21.1. The van der Waals surface area contributed by atoms with Crippen molar-refractivity contribution in [1.82, 2.24) is 0 Å². The minimum atomic E-state index is -3.03. The van der Waals surface area contributed by atoms with Crippen molar-refractivity contribution in [1.29, 1.82) is 0 Å². The number of halogens is 2. The van der Waals surface area contributed by atoms with Crippen LogP contribution in [0.5, 0.6) is 11.5 Å². The molecule has 0 saturated carbocycles. The number of hydrogen-bond donors (Lipinski definition) is 1. The highest BCUT2D eigenvalue weighted by molar-refractivity contribution is 5.96. The van der Waals surface area contributed by atoms with Crippen LogP contribution in [-0.2, 0) is 14.3 Å². The van der Waals surface area contributed by atoms with Gasteiger partial charge in [0.2, 0.25) is 0 Å². The monoisotopic (exact) mass is 393 g/mol. The van der Waals surface area contributed by atoms with Gasteiger partial charge in [-0.3, -0.25) is 9.59 Å². The first-order valence-electron chi connectivity index (χ1n) is 8.59. The molecule has 2 aromatic rings. The molecule has 0 aliphatic carbocycles. The minimum Gasteiger partial charge on any atom is -0.493 e. The van der Waals surface area contributed by atoms with Gasteiger partial charge < -0.3 is 19.5 Å². The highest BCUT2D eigenvalue weighted by Crippen LogP contribution is 2.25. The van der Waals surface area contributed by atoms with E-state index in [2.05, 4.69) is 10.1 Å². The van der Waals surface area contributed by atoms with Gasteiger partial charge in [0, 0.05) is 0 Å². The lowest BCUT2D eigenvalue weighted by Gasteiger charge is -2.16. The van der Waals surface area contributed by atoms with Gasteiger partial charge in [0.05, 0.1) is 18.7 Å². The van der Waals surface area contributed by atoms with E-state index in [-0.39, 0.29) is 24.5 Å². The number of hydrogen-bond acceptors (Lipinski definition) is 5. The van der Waals surface area contributed by atoms with Crippen molar-refractivity contribution in [3.05, 3.63) is 54.1 Å². The van der Waals surface area contributed by atoms with Crippen LogP contribution < -0.4 is 14.8 Å². The number of amides is 1. The molecule has 6 nitrogen and oxygen atoms in total. The van der Waals surface area contributed by atoms with E-state index in [1.165, 1.54) is 25.1 Å². The zero-order valence-electron chi connectivity index (χ0n) is 15.5. The highest BCUT2D eigenvalue weighted by atomic mass is 19.3. The molecule has 0 unspecified atom stereocenters. The standard InChI is InChI=1S/C20H21F2NO5/c1-13-7-3-5-9-16(13)26-12-11-18(24)27-14(2)19(25)23-15-8-4-6-10-17(15)28-20(21)22/h3-10,14,20H,11-12H2,1-2H3,(H,23,25)/t14-/m0/s1. The molecule has 0 bridgehead atoms. The van der Waals surface area contributed by atoms with E-state index in [9.17, 15) is 18.4 Å². The predicted molar refractivity (Wildman–Crippen MR) is 98.5 cm³/mol. The number of alkyl halides is 2. The van der Waals surface area contributed by atoms with Crippen LogP contribution in [-0.4, -0.2) is 31.2 Å². The molecule has 0 heterocycles. The average molecular weight is 393 g/mol. The number of anilines is 1. The van der Waals surface area contributed by atoms with E-state index in [0.29, 0.717) is 5.75 Å². The van der Waals surface area contributed by atoms with Gasteiger partial charge in [-0.25, -0.2) is 0 Å². The number of ether oxygens (including phenoxy) is 3. The summed E-state index contributed by atoms with van der Waals surface area (Å²) in [5.41, 5.74) is 0.992. The third-order valence-corrected chi connectivity index (χ3v) is 3.70. The molecule has 28 heavy (non-hydrogen) atoms. The Bertz CT molecular complexity index is 813. The van der Waals surface area contributed by atoms with E-state index in [1.54, 1.807) is 12.1 Å². The van der Waals surface area contributed by atoms with Crippen molar-refractivity contribution in [2.24, 2.45) is 0 Å². The maximum absolute atomic E-state index is 12.4. The van der Waals surface area contributed by atoms with Crippen LogP contribution in [0.15, 0.2) is 48.5 Å². The van der Waals surface area contributed by atoms with Gasteiger partial charge in [-0.05, 0) is 37.6 Å². The smallest absolute Gasteiger partial charge is 0.387 e. The molecule has 1 amide bonds. The molecule has 8 heteroatoms. The number of aryl methyl sites for hydroxylation is 1. The lowest BCUT2D eigenvalue weighted by molar-refractivity contribution is -0.153. The Morgan fingerprint density at radius 2 is 1.68 bits per heavy atom. The summed E-state index contributed by atoms with van der Waals surface area (Å²) in [6.07, 6.45) is -1.16. The molecule has 0 aliphatic heterocycles. The van der Waals surface area contributed by atoms with Crippen molar-refractivity contribution in [2.75, 3.05) is 11.9 Å². The van der Waals surface area contributed by atoms with Gasteiger partial charge in [0.25, 0.3) is 5.91 Å². The molecule has 2 aromatic carbocycles. The van der Waals surface area contributed by atoms with E-state index in [1.807, 2.05) is 25.1 Å². The van der Waals surface area contributed by atoms with Gasteiger partial charge in [-0.2, -0.15) is 8.78 Å². The molecule has 150 valence electrons. The number of para-hydroxylation sites is 3. The quantitative estimate of drug-likeness (QED) is 0.654. The van der Waals surface area contributed by atoms with Gasteiger partial charge in [-0.15, -0.1) is 0 Å². The Morgan fingerprint density at radius 1 is 1.04 bits per heavy atom. The number of carbonyl (C=O) groups is 2. The van der Waals surface area contributed by atoms with Crippen LogP contribution in [0.4, 0.5) is 14.5 Å². The second-order valence-electron chi connectivity index (χ2n) is 5.86. The Labute approximate surface area is 161 Å². The summed E-state index contributed by atoms with van der Waals surface area (Å²) in [5, 5.41) is 2.40. The topological polar surface area (TPSA) is 73.9 Å². The normalized spacial score (nSPS) is 11.6. The second kappa shape index (κ2) is 10.2. The predicted octanol–water partition coefficient (Wildman–Crippen LogP) is 3.94. The largest absolute Gasteiger partial charge is 0.493 e. The highest BCUT2D eigenvalue weighted by Gasteiger charge is 2.20. The first-order valence-corrected chi connectivity index (χ1v) is 8.59. The third kappa shape index (κ3) is 6.53. The van der Waals surface area contributed by atoms with Gasteiger partial charge in [0.15, 0.2) is 6.10 Å². The summed E-state index contributed by atoms with van der Waals surface area (Å²) in [4.78, 5) is 24.1. The van der Waals surface area contributed by atoms with Crippen LogP contribution in [0.25, 0.3) is 0 Å². The molecule has 0 radical (unpaired) electrons. The van der Waals surface area contributed by atoms with Crippen LogP contribution in [0, 0.1) is 6.92 Å². The fourth-order valence-corrected chi connectivity index (χ4v) is 2.28. The molecule has 1 atom stereocenters. The lowest BCUT2D eigenvalue weighted by atomic mass is 10.2. The van der Waals surface area contributed by atoms with Gasteiger partial charge in [0.1, 0.15) is 11.5 Å². The van der Waals surface area contributed by atoms with Gasteiger partial charge in [-0.1, -0.05) is 30.3 Å². The van der Waals surface area contributed by atoms with E-state index in [0.717, 1.165) is 5.56 Å². The van der Waals surface area contributed by atoms with Crippen LogP contribution >= 0.6 is 0 Å². The maximum Gasteiger partial charge on any atom is 0.387 e. The molecular weight excluding hydrogens is 372 g/mol. The zero-order chi connectivity index (χ0) is 20.5. The fraction of sp³-hybridized carbons (Fsp3) is 0.300. The summed E-state index contributed by atoms with van der Waals surface area (Å²) in [7, 11) is 0. The summed E-state index contributed by atoms with van der Waals surface area (Å²) < 4.78 is 39.7. The summed E-state index contributed by atoms with van der Waals surface area (Å²) in [5.74, 6) is -0.806. The van der Waals surface area contributed by atoms with Crippen molar-refractivity contribution in [3.63, 3.8) is 0 Å². The van der Waals surface area contributed by atoms with Crippen LogP contribution in [0.3, 0.4) is 0 Å². The fourth-order valence-electron chi connectivity index (χ4n) is 2.28. The maximum atomic E-state index is 12.4. The minimum absolute atomic E-state index is 0.0446. The molecule has 0 aliphatic rings. The molecular formula is C20H21F2NO5. The number of esters is 1. The Hall–Kier alpha value is -3.16. The summed E-state index contributed by atoms with van der Waals surface area (Å²) in [6, 6.07) is 13.1. The SMILES string of the molecule is Cc1ccccc1OCCC(=O)O[C@@H](C)C(=O)Nc1ccccc1OC(F)F. The van der Waals surface area contributed by atoms with E-state index >= 15 is 0 Å². The Morgan fingerprint density at radius 3 is 2.36 bits per heavy atom. The average Bonchev–Trinajstić information content (AvgIpc) is 2.64. The Balaban J connectivity index is 1.82. The lowest BCUT2D eigenvalue weighted by Crippen LogP contribution is -2.30. The molecule has 0 saturated heterocycles. The first-order chi connectivity index (χ1) is 13.4. The van der Waals surface area contributed by atoms with E-state index < -0.39 is 24.6 Å². The summed E-state index contributed by atoms with van der Waals surface area (Å²) in [6.45, 7) is 0.339.